The summed E-state index contributed by atoms with van der Waals surface area (Å²) < 4.78 is 38.3. The standard InChI is InChI=1S/C10H8FNO3S/c1-15-10-8-4-6(11)5-9(16(13)14)7(8)2-3-12-10/h2-5H,1H3,(H,13,14). The molecule has 1 heterocycles. The molecule has 0 aliphatic heterocycles. The number of nitrogens with zero attached hydrogens (tertiary/aromatic N) is 1. The zero-order chi connectivity index (χ0) is 11.7. The molecule has 2 rings (SSSR count). The molecule has 0 bridgehead atoms. The molecule has 0 fully saturated rings. The summed E-state index contributed by atoms with van der Waals surface area (Å²) in [7, 11) is 1.41. The number of benzene rings is 1. The van der Waals surface area contributed by atoms with Gasteiger partial charge in [-0.15, -0.1) is 0 Å². The lowest BCUT2D eigenvalue weighted by Gasteiger charge is -2.06. The number of hydrogen-bond donors (Lipinski definition) is 1. The highest BCUT2D eigenvalue weighted by molar-refractivity contribution is 7.79. The van der Waals surface area contributed by atoms with Crippen LogP contribution in [-0.4, -0.2) is 20.9 Å². The van der Waals surface area contributed by atoms with E-state index in [0.29, 0.717) is 10.8 Å². The number of aromatic nitrogens is 1. The molecule has 84 valence electrons. The normalized spacial score (nSPS) is 12.7. The minimum atomic E-state index is -2.25. The summed E-state index contributed by atoms with van der Waals surface area (Å²) in [6.07, 6.45) is 1.44. The first-order valence-electron chi connectivity index (χ1n) is 4.36. The zero-order valence-corrected chi connectivity index (χ0v) is 9.12. The van der Waals surface area contributed by atoms with Crippen molar-refractivity contribution in [1.82, 2.24) is 4.98 Å². The van der Waals surface area contributed by atoms with Gasteiger partial charge in [0.25, 0.3) is 0 Å². The third-order valence-corrected chi connectivity index (χ3v) is 2.87. The van der Waals surface area contributed by atoms with Crippen LogP contribution in [0.2, 0.25) is 0 Å². The Labute approximate surface area is 93.4 Å². The van der Waals surface area contributed by atoms with Gasteiger partial charge in [-0.25, -0.2) is 13.6 Å². The Kier molecular flexibility index (Phi) is 2.84. The third kappa shape index (κ3) is 1.77. The molecule has 1 aromatic carbocycles. The smallest absolute Gasteiger partial charge is 0.221 e. The van der Waals surface area contributed by atoms with Gasteiger partial charge in [0.1, 0.15) is 5.82 Å². The molecule has 0 amide bonds. The zero-order valence-electron chi connectivity index (χ0n) is 8.31. The summed E-state index contributed by atoms with van der Waals surface area (Å²) in [6, 6.07) is 3.79. The molecule has 1 atom stereocenters. The second-order valence-corrected chi connectivity index (χ2v) is 4.01. The van der Waals surface area contributed by atoms with Crippen LogP contribution in [0.1, 0.15) is 0 Å². The van der Waals surface area contributed by atoms with E-state index in [2.05, 4.69) is 4.98 Å². The minimum Gasteiger partial charge on any atom is -0.481 e. The van der Waals surface area contributed by atoms with Gasteiger partial charge in [-0.05, 0) is 18.2 Å². The van der Waals surface area contributed by atoms with Crippen LogP contribution in [-0.2, 0) is 11.1 Å². The SMILES string of the molecule is COc1nccc2c(S(=O)O)cc(F)cc12. The maximum Gasteiger partial charge on any atom is 0.221 e. The Morgan fingerprint density at radius 1 is 1.44 bits per heavy atom. The summed E-state index contributed by atoms with van der Waals surface area (Å²) in [5.41, 5.74) is 0. The Morgan fingerprint density at radius 3 is 2.81 bits per heavy atom. The van der Waals surface area contributed by atoms with E-state index in [1.165, 1.54) is 19.4 Å². The number of halogens is 1. The van der Waals surface area contributed by atoms with Crippen molar-refractivity contribution in [2.45, 2.75) is 4.90 Å². The predicted molar refractivity (Wildman–Crippen MR) is 57.3 cm³/mol. The average molecular weight is 241 g/mol. The van der Waals surface area contributed by atoms with Gasteiger partial charge in [0.2, 0.25) is 5.88 Å². The van der Waals surface area contributed by atoms with Gasteiger partial charge in [0.15, 0.2) is 11.1 Å². The molecule has 1 unspecified atom stereocenters. The molecule has 1 aromatic heterocycles. The summed E-state index contributed by atoms with van der Waals surface area (Å²) in [4.78, 5) is 3.91. The van der Waals surface area contributed by atoms with Crippen molar-refractivity contribution in [1.29, 1.82) is 0 Å². The number of fused-ring (bicyclic) bond motifs is 1. The van der Waals surface area contributed by atoms with Gasteiger partial charge in [-0.2, -0.15) is 0 Å². The van der Waals surface area contributed by atoms with Gasteiger partial charge in [-0.1, -0.05) is 0 Å². The van der Waals surface area contributed by atoms with Crippen LogP contribution in [0.5, 0.6) is 5.88 Å². The molecule has 0 aliphatic carbocycles. The first kappa shape index (κ1) is 11.0. The van der Waals surface area contributed by atoms with Gasteiger partial charge >= 0.3 is 0 Å². The molecule has 16 heavy (non-hydrogen) atoms. The van der Waals surface area contributed by atoms with Crippen LogP contribution < -0.4 is 4.74 Å². The van der Waals surface area contributed by atoms with E-state index in [0.717, 1.165) is 6.07 Å². The number of pyridine rings is 1. The van der Waals surface area contributed by atoms with Gasteiger partial charge in [0, 0.05) is 17.0 Å². The van der Waals surface area contributed by atoms with Crippen LogP contribution in [0.4, 0.5) is 4.39 Å². The number of ether oxygens (including phenoxy) is 1. The maximum atomic E-state index is 13.2. The maximum absolute atomic E-state index is 13.2. The van der Waals surface area contributed by atoms with Crippen LogP contribution in [0.15, 0.2) is 29.3 Å². The summed E-state index contributed by atoms with van der Waals surface area (Å²) in [5.74, 6) is -0.375. The van der Waals surface area contributed by atoms with Crippen molar-refractivity contribution in [3.05, 3.63) is 30.2 Å². The first-order valence-corrected chi connectivity index (χ1v) is 5.47. The number of hydrogen-bond acceptors (Lipinski definition) is 3. The fourth-order valence-corrected chi connectivity index (χ4v) is 2.08. The molecule has 6 heteroatoms. The van der Waals surface area contributed by atoms with E-state index in [9.17, 15) is 8.60 Å². The highest BCUT2D eigenvalue weighted by Crippen LogP contribution is 2.28. The molecular formula is C10H8FNO3S. The Bertz CT molecular complexity index is 573. The molecule has 1 N–H and O–H groups in total. The van der Waals surface area contributed by atoms with Crippen molar-refractivity contribution >= 4 is 21.9 Å². The van der Waals surface area contributed by atoms with E-state index in [4.69, 9.17) is 9.29 Å². The monoisotopic (exact) mass is 241 g/mol. The van der Waals surface area contributed by atoms with Crippen molar-refractivity contribution in [3.8, 4) is 5.88 Å². The number of rotatable bonds is 2. The fourth-order valence-electron chi connectivity index (χ4n) is 1.50. The first-order chi connectivity index (χ1) is 7.63. The molecule has 0 radical (unpaired) electrons. The molecule has 0 saturated heterocycles. The quantitative estimate of drug-likeness (QED) is 0.816. The Hall–Kier alpha value is -1.53. The predicted octanol–water partition coefficient (Wildman–Crippen LogP) is 1.96. The third-order valence-electron chi connectivity index (χ3n) is 2.15. The molecule has 4 nitrogen and oxygen atoms in total. The Morgan fingerprint density at radius 2 is 2.19 bits per heavy atom. The van der Waals surface area contributed by atoms with Crippen LogP contribution in [0.25, 0.3) is 10.8 Å². The summed E-state index contributed by atoms with van der Waals surface area (Å²) in [5, 5.41) is 0.830. The van der Waals surface area contributed by atoms with Gasteiger partial charge < -0.3 is 9.29 Å². The van der Waals surface area contributed by atoms with Crippen molar-refractivity contribution in [3.63, 3.8) is 0 Å². The molecule has 2 aromatic rings. The fraction of sp³-hybridized carbons (Fsp3) is 0.100. The largest absolute Gasteiger partial charge is 0.481 e. The van der Waals surface area contributed by atoms with Crippen LogP contribution >= 0.6 is 0 Å². The highest BCUT2D eigenvalue weighted by Gasteiger charge is 2.12. The van der Waals surface area contributed by atoms with E-state index < -0.39 is 16.9 Å². The second kappa shape index (κ2) is 4.15. The highest BCUT2D eigenvalue weighted by atomic mass is 32.2. The van der Waals surface area contributed by atoms with Gasteiger partial charge in [-0.3, -0.25) is 0 Å². The molecule has 0 saturated carbocycles. The van der Waals surface area contributed by atoms with E-state index in [1.807, 2.05) is 0 Å². The lowest BCUT2D eigenvalue weighted by atomic mass is 10.1. The van der Waals surface area contributed by atoms with Crippen LogP contribution in [0, 0.1) is 5.82 Å². The summed E-state index contributed by atoms with van der Waals surface area (Å²) in [6.45, 7) is 0. The van der Waals surface area contributed by atoms with E-state index >= 15 is 0 Å². The van der Waals surface area contributed by atoms with E-state index in [-0.39, 0.29) is 10.8 Å². The number of methoxy groups -OCH3 is 1. The molecular weight excluding hydrogens is 233 g/mol. The van der Waals surface area contributed by atoms with Crippen molar-refractivity contribution in [2.75, 3.05) is 7.11 Å². The van der Waals surface area contributed by atoms with Gasteiger partial charge in [0.05, 0.1) is 12.0 Å². The minimum absolute atomic E-state index is 0.00991. The molecule has 0 spiro atoms. The van der Waals surface area contributed by atoms with Crippen LogP contribution in [0.3, 0.4) is 0 Å². The van der Waals surface area contributed by atoms with Crippen molar-refractivity contribution in [2.24, 2.45) is 0 Å². The lowest BCUT2D eigenvalue weighted by Crippen LogP contribution is -1.95. The topological polar surface area (TPSA) is 59.4 Å². The summed E-state index contributed by atoms with van der Waals surface area (Å²) >= 11 is -2.25. The lowest BCUT2D eigenvalue weighted by molar-refractivity contribution is 0.403. The van der Waals surface area contributed by atoms with E-state index in [1.54, 1.807) is 6.07 Å². The molecule has 0 aliphatic rings. The van der Waals surface area contributed by atoms with Crippen molar-refractivity contribution < 1.29 is 17.9 Å². The second-order valence-electron chi connectivity index (χ2n) is 3.07. The average Bonchev–Trinajstić information content (AvgIpc) is 2.27. The Balaban J connectivity index is 2.88.